The summed E-state index contributed by atoms with van der Waals surface area (Å²) in [5.74, 6) is -0.0766. The monoisotopic (exact) mass is 343 g/mol. The highest BCUT2D eigenvalue weighted by Crippen LogP contribution is 2.27. The maximum atomic E-state index is 12.2. The Labute approximate surface area is 141 Å². The molecule has 0 atom stereocenters. The van der Waals surface area contributed by atoms with Crippen LogP contribution in [-0.4, -0.2) is 16.0 Å². The van der Waals surface area contributed by atoms with Crippen molar-refractivity contribution < 1.29 is 14.2 Å². The van der Waals surface area contributed by atoms with Crippen molar-refractivity contribution in [2.45, 2.75) is 0 Å². The third-order valence-corrected chi connectivity index (χ3v) is 3.53. The smallest absolute Gasteiger partial charge is 0.277 e. The molecule has 120 valence electrons. The van der Waals surface area contributed by atoms with Crippen LogP contribution in [0.3, 0.4) is 0 Å². The second-order valence-electron chi connectivity index (χ2n) is 4.82. The zero-order valence-corrected chi connectivity index (χ0v) is 12.9. The zero-order chi connectivity index (χ0) is 17.1. The maximum absolute atomic E-state index is 12.2. The van der Waals surface area contributed by atoms with Gasteiger partial charge in [0.25, 0.3) is 11.6 Å². The van der Waals surface area contributed by atoms with Gasteiger partial charge in [-0.2, -0.15) is 0 Å². The lowest BCUT2D eigenvalue weighted by molar-refractivity contribution is -0.384. The molecule has 24 heavy (non-hydrogen) atoms. The predicted octanol–water partition coefficient (Wildman–Crippen LogP) is 4.16. The molecule has 0 spiro atoms. The average molecular weight is 344 g/mol. The maximum Gasteiger partial charge on any atom is 0.277 e. The minimum atomic E-state index is -0.568. The molecule has 1 heterocycles. The number of carbonyl (C=O) groups excluding carboxylic acids is 1. The lowest BCUT2D eigenvalue weighted by Gasteiger charge is -2.04. The number of anilines is 1. The number of nitro groups is 1. The highest BCUT2D eigenvalue weighted by Gasteiger charge is 2.16. The highest BCUT2D eigenvalue weighted by molar-refractivity contribution is 6.34. The van der Waals surface area contributed by atoms with Crippen molar-refractivity contribution in [2.24, 2.45) is 0 Å². The van der Waals surface area contributed by atoms with Crippen molar-refractivity contribution in [1.82, 2.24) is 5.16 Å². The largest absolute Gasteiger partial charge is 0.355 e. The normalized spacial score (nSPS) is 10.4. The number of amides is 1. The van der Waals surface area contributed by atoms with Gasteiger partial charge in [0.05, 0.1) is 15.6 Å². The van der Waals surface area contributed by atoms with Crippen molar-refractivity contribution in [1.29, 1.82) is 0 Å². The van der Waals surface area contributed by atoms with Gasteiger partial charge in [-0.3, -0.25) is 14.9 Å². The minimum Gasteiger partial charge on any atom is -0.355 e. The zero-order valence-electron chi connectivity index (χ0n) is 12.1. The number of hydrogen-bond acceptors (Lipinski definition) is 5. The number of rotatable bonds is 4. The molecule has 7 nitrogen and oxygen atoms in total. The van der Waals surface area contributed by atoms with Crippen LogP contribution in [-0.2, 0) is 0 Å². The number of hydrogen-bond donors (Lipinski definition) is 1. The summed E-state index contributed by atoms with van der Waals surface area (Å²) in [6.07, 6.45) is 0. The summed E-state index contributed by atoms with van der Waals surface area (Å²) >= 11 is 5.94. The number of halogens is 1. The van der Waals surface area contributed by atoms with E-state index in [0.717, 1.165) is 11.6 Å². The van der Waals surface area contributed by atoms with E-state index in [1.54, 1.807) is 0 Å². The number of benzene rings is 2. The second-order valence-corrected chi connectivity index (χ2v) is 5.23. The number of carbonyl (C=O) groups is 1. The van der Waals surface area contributed by atoms with E-state index in [1.807, 2.05) is 30.3 Å². The van der Waals surface area contributed by atoms with E-state index < -0.39 is 10.8 Å². The van der Waals surface area contributed by atoms with Crippen LogP contribution in [0.2, 0.25) is 5.02 Å². The molecule has 3 aromatic rings. The van der Waals surface area contributed by atoms with Gasteiger partial charge in [0.15, 0.2) is 11.5 Å². The van der Waals surface area contributed by atoms with Gasteiger partial charge < -0.3 is 9.84 Å². The summed E-state index contributed by atoms with van der Waals surface area (Å²) in [5, 5.41) is 17.0. The van der Waals surface area contributed by atoms with E-state index in [9.17, 15) is 14.9 Å². The molecule has 2 aromatic carbocycles. The Morgan fingerprint density at radius 1 is 1.17 bits per heavy atom. The highest BCUT2D eigenvalue weighted by atomic mass is 35.5. The summed E-state index contributed by atoms with van der Waals surface area (Å²) in [7, 11) is 0. The van der Waals surface area contributed by atoms with Gasteiger partial charge in [-0.25, -0.2) is 0 Å². The molecule has 0 aliphatic heterocycles. The van der Waals surface area contributed by atoms with Crippen LogP contribution in [0.5, 0.6) is 0 Å². The number of nitro benzene ring substituents is 1. The first-order chi connectivity index (χ1) is 11.5. The van der Waals surface area contributed by atoms with E-state index in [1.165, 1.54) is 18.2 Å². The van der Waals surface area contributed by atoms with Gasteiger partial charge in [0, 0.05) is 23.8 Å². The number of nitrogens with zero attached hydrogens (tertiary/aromatic N) is 2. The summed E-state index contributed by atoms with van der Waals surface area (Å²) < 4.78 is 5.16. The molecule has 0 aliphatic carbocycles. The van der Waals surface area contributed by atoms with Crippen LogP contribution in [0.15, 0.2) is 59.1 Å². The van der Waals surface area contributed by atoms with Crippen molar-refractivity contribution in [3.63, 3.8) is 0 Å². The van der Waals surface area contributed by atoms with Crippen LogP contribution in [0.25, 0.3) is 11.3 Å². The lowest BCUT2D eigenvalue weighted by Crippen LogP contribution is -2.12. The molecule has 1 aromatic heterocycles. The summed E-state index contributed by atoms with van der Waals surface area (Å²) in [5.41, 5.74) is 0.947. The molecule has 0 bridgehead atoms. The molecular weight excluding hydrogens is 334 g/mol. The Morgan fingerprint density at radius 2 is 1.92 bits per heavy atom. The van der Waals surface area contributed by atoms with Crippen molar-refractivity contribution in [3.05, 3.63) is 75.4 Å². The fourth-order valence-electron chi connectivity index (χ4n) is 2.03. The minimum absolute atomic E-state index is 0.0596. The number of aromatic nitrogens is 1. The molecule has 0 fully saturated rings. The Bertz CT molecular complexity index is 909. The first kappa shape index (κ1) is 15.7. The number of nitrogens with one attached hydrogen (secondary N) is 1. The molecule has 0 saturated carbocycles. The summed E-state index contributed by atoms with van der Waals surface area (Å²) in [4.78, 5) is 22.3. The van der Waals surface area contributed by atoms with Crippen molar-refractivity contribution in [3.8, 4) is 11.3 Å². The lowest BCUT2D eigenvalue weighted by atomic mass is 10.1. The summed E-state index contributed by atoms with van der Waals surface area (Å²) in [6, 6.07) is 14.5. The van der Waals surface area contributed by atoms with Gasteiger partial charge in [-0.05, 0) is 6.07 Å². The Hall–Kier alpha value is -3.19. The molecular formula is C16H10ClN3O4. The Kier molecular flexibility index (Phi) is 4.26. The number of non-ortho nitro benzene ring substituents is 1. The molecule has 1 amide bonds. The van der Waals surface area contributed by atoms with Crippen LogP contribution in [0, 0.1) is 10.1 Å². The standard InChI is InChI=1S/C16H10ClN3O4/c17-12-8-11(20(22)23)6-7-13(12)18-16(21)14-9-15(24-19-14)10-4-2-1-3-5-10/h1-9H,(H,18,21). The van der Waals surface area contributed by atoms with Crippen LogP contribution >= 0.6 is 11.6 Å². The van der Waals surface area contributed by atoms with Gasteiger partial charge in [-0.1, -0.05) is 47.1 Å². The van der Waals surface area contributed by atoms with E-state index in [4.69, 9.17) is 16.1 Å². The Balaban J connectivity index is 1.79. The van der Waals surface area contributed by atoms with Crippen LogP contribution in [0.1, 0.15) is 10.5 Å². The fourth-order valence-corrected chi connectivity index (χ4v) is 2.25. The van der Waals surface area contributed by atoms with Crippen LogP contribution in [0.4, 0.5) is 11.4 Å². The first-order valence-corrected chi connectivity index (χ1v) is 7.20. The average Bonchev–Trinajstić information content (AvgIpc) is 3.07. The molecule has 3 rings (SSSR count). The third kappa shape index (κ3) is 3.26. The quantitative estimate of drug-likeness (QED) is 0.566. The van der Waals surface area contributed by atoms with Crippen molar-refractivity contribution in [2.75, 3.05) is 5.32 Å². The van der Waals surface area contributed by atoms with Gasteiger partial charge >= 0.3 is 0 Å². The molecule has 0 aliphatic rings. The molecule has 0 radical (unpaired) electrons. The van der Waals surface area contributed by atoms with Crippen LogP contribution < -0.4 is 5.32 Å². The topological polar surface area (TPSA) is 98.3 Å². The van der Waals surface area contributed by atoms with Gasteiger partial charge in [-0.15, -0.1) is 0 Å². The third-order valence-electron chi connectivity index (χ3n) is 3.21. The second kappa shape index (κ2) is 6.51. The molecule has 1 N–H and O–H groups in total. The Morgan fingerprint density at radius 3 is 2.58 bits per heavy atom. The molecule has 0 saturated heterocycles. The predicted molar refractivity (Wildman–Crippen MR) is 88.0 cm³/mol. The van der Waals surface area contributed by atoms with E-state index in [-0.39, 0.29) is 22.1 Å². The SMILES string of the molecule is O=C(Nc1ccc([N+](=O)[O-])cc1Cl)c1cc(-c2ccccc2)on1. The van der Waals surface area contributed by atoms with E-state index in [2.05, 4.69) is 10.5 Å². The van der Waals surface area contributed by atoms with Gasteiger partial charge in [0.1, 0.15) is 0 Å². The van der Waals surface area contributed by atoms with Crippen molar-refractivity contribution >= 4 is 28.9 Å². The molecule has 8 heteroatoms. The molecule has 0 unspecified atom stereocenters. The summed E-state index contributed by atoms with van der Waals surface area (Å²) in [6.45, 7) is 0. The first-order valence-electron chi connectivity index (χ1n) is 6.82. The van der Waals surface area contributed by atoms with E-state index in [0.29, 0.717) is 5.76 Å². The van der Waals surface area contributed by atoms with E-state index >= 15 is 0 Å². The fraction of sp³-hybridized carbons (Fsp3) is 0. The van der Waals surface area contributed by atoms with Gasteiger partial charge in [0.2, 0.25) is 0 Å².